The lowest BCUT2D eigenvalue weighted by Gasteiger charge is -2.35. The van der Waals surface area contributed by atoms with E-state index in [0.717, 1.165) is 22.4 Å². The van der Waals surface area contributed by atoms with Crippen LogP contribution >= 0.6 is 11.3 Å². The quantitative estimate of drug-likeness (QED) is 0.357. The number of rotatable bonds is 7. The van der Waals surface area contributed by atoms with E-state index >= 15 is 0 Å². The number of anilines is 1. The Kier molecular flexibility index (Phi) is 6.41. The van der Waals surface area contributed by atoms with Crippen LogP contribution < -0.4 is 9.74 Å². The topological polar surface area (TPSA) is 89.3 Å². The molecule has 1 saturated heterocycles. The van der Waals surface area contributed by atoms with Crippen molar-refractivity contribution in [3.8, 4) is 0 Å². The monoisotopic (exact) mass is 505 g/mol. The predicted octanol–water partition coefficient (Wildman–Crippen LogP) is 3.10. The summed E-state index contributed by atoms with van der Waals surface area (Å²) in [4.78, 5) is 32.6. The molecule has 1 fully saturated rings. The largest absolute Gasteiger partial charge is 0.395 e. The first kappa shape index (κ1) is 23.3. The Labute approximate surface area is 202 Å². The van der Waals surface area contributed by atoms with Crippen LogP contribution in [0.2, 0.25) is 0 Å². The van der Waals surface area contributed by atoms with E-state index in [1.54, 1.807) is 4.90 Å². The smallest absolute Gasteiger partial charge is 0.393 e. The van der Waals surface area contributed by atoms with Gasteiger partial charge in [0.2, 0.25) is 5.91 Å². The second-order valence-corrected chi connectivity index (χ2v) is 9.29. The molecule has 0 bridgehead atoms. The fraction of sp³-hybridized carbons (Fsp3) is 0.409. The van der Waals surface area contributed by atoms with Crippen molar-refractivity contribution in [1.82, 2.24) is 30.0 Å². The summed E-state index contributed by atoms with van der Waals surface area (Å²) in [6.07, 6.45) is -2.99. The average Bonchev–Trinajstić information content (AvgIpc) is 3.44. The number of amides is 1. The van der Waals surface area contributed by atoms with Crippen molar-refractivity contribution < 1.29 is 22.8 Å². The van der Waals surface area contributed by atoms with Crippen LogP contribution in [0.3, 0.4) is 0 Å². The van der Waals surface area contributed by atoms with Crippen LogP contribution in [0.15, 0.2) is 36.7 Å². The normalized spacial score (nSPS) is 14.7. The molecule has 0 atom stereocenters. The first-order valence-electron chi connectivity index (χ1n) is 11.1. The number of carbonyl (C=O) groups is 1. The highest BCUT2D eigenvalue weighted by Crippen LogP contribution is 2.34. The first-order valence-corrected chi connectivity index (χ1v) is 12.0. The Balaban J connectivity index is 1.12. The summed E-state index contributed by atoms with van der Waals surface area (Å²) in [6, 6.07) is 8.98. The highest BCUT2D eigenvalue weighted by molar-refractivity contribution is 7.18. The van der Waals surface area contributed by atoms with Crippen molar-refractivity contribution in [3.05, 3.63) is 41.5 Å². The Morgan fingerprint density at radius 3 is 2.71 bits per heavy atom. The Morgan fingerprint density at radius 1 is 1.11 bits per heavy atom. The second-order valence-electron chi connectivity index (χ2n) is 8.18. The number of piperazine rings is 1. The van der Waals surface area contributed by atoms with Crippen LogP contribution in [0.4, 0.5) is 19.0 Å². The van der Waals surface area contributed by atoms with Gasteiger partial charge in [-0.15, -0.1) is 16.4 Å². The van der Waals surface area contributed by atoms with Gasteiger partial charge in [-0.3, -0.25) is 4.79 Å². The molecule has 1 aromatic carbocycles. The number of benzene rings is 1. The molecular formula is C22H22F3N7O2S. The zero-order valence-corrected chi connectivity index (χ0v) is 19.4. The van der Waals surface area contributed by atoms with E-state index in [4.69, 9.17) is 4.84 Å². The van der Waals surface area contributed by atoms with E-state index in [9.17, 15) is 18.0 Å². The molecule has 0 unspecified atom stereocenters. The van der Waals surface area contributed by atoms with Crippen LogP contribution in [0.25, 0.3) is 21.3 Å². The van der Waals surface area contributed by atoms with Crippen LogP contribution in [-0.2, 0) is 11.2 Å². The lowest BCUT2D eigenvalue weighted by Crippen LogP contribution is -2.49. The zero-order chi connectivity index (χ0) is 24.4. The molecule has 0 spiro atoms. The van der Waals surface area contributed by atoms with Crippen LogP contribution in [-0.4, -0.2) is 74.9 Å². The molecule has 0 radical (unpaired) electrons. The minimum Gasteiger partial charge on any atom is -0.395 e. The van der Waals surface area contributed by atoms with Gasteiger partial charge in [0.1, 0.15) is 34.6 Å². The number of fused-ring (bicyclic) bond motifs is 2. The van der Waals surface area contributed by atoms with Crippen molar-refractivity contribution in [2.24, 2.45) is 0 Å². The average molecular weight is 506 g/mol. The molecule has 0 N–H and O–H groups in total. The van der Waals surface area contributed by atoms with Gasteiger partial charge in [-0.1, -0.05) is 17.0 Å². The Bertz CT molecular complexity index is 1330. The van der Waals surface area contributed by atoms with E-state index in [1.807, 2.05) is 29.2 Å². The van der Waals surface area contributed by atoms with Gasteiger partial charge in [0, 0.05) is 37.5 Å². The third-order valence-electron chi connectivity index (χ3n) is 5.74. The minimum atomic E-state index is -4.27. The number of halogens is 3. The molecule has 0 saturated carbocycles. The number of thiophene rings is 1. The fourth-order valence-corrected chi connectivity index (χ4v) is 5.09. The predicted molar refractivity (Wildman–Crippen MR) is 124 cm³/mol. The van der Waals surface area contributed by atoms with Crippen molar-refractivity contribution >= 4 is 44.3 Å². The van der Waals surface area contributed by atoms with Crippen molar-refractivity contribution in [2.45, 2.75) is 25.4 Å². The van der Waals surface area contributed by atoms with E-state index in [2.05, 4.69) is 20.3 Å². The van der Waals surface area contributed by atoms with Crippen molar-refractivity contribution in [1.29, 1.82) is 0 Å². The lowest BCUT2D eigenvalue weighted by molar-refractivity contribution is -0.132. The minimum absolute atomic E-state index is 0.0347. The standard InChI is InChI=1S/C22H22F3N7O2S/c23-22(24,25)13-15-12-16-20(26-14-27-21(16)35-15)31-9-7-30(8-10-31)19(33)6-3-11-34-32-18-5-2-1-4-17(18)28-29-32/h1-2,4-5,12,14H,3,6-11,13H2. The molecule has 184 valence electrons. The van der Waals surface area contributed by atoms with Gasteiger partial charge >= 0.3 is 6.18 Å². The van der Waals surface area contributed by atoms with E-state index in [-0.39, 0.29) is 10.8 Å². The molecular weight excluding hydrogens is 483 g/mol. The molecule has 5 rings (SSSR count). The highest BCUT2D eigenvalue weighted by Gasteiger charge is 2.30. The van der Waals surface area contributed by atoms with Crippen LogP contribution in [0.1, 0.15) is 17.7 Å². The molecule has 4 heterocycles. The van der Waals surface area contributed by atoms with Crippen molar-refractivity contribution in [2.75, 3.05) is 37.7 Å². The number of nitrogens with zero attached hydrogens (tertiary/aromatic N) is 7. The summed E-state index contributed by atoms with van der Waals surface area (Å²) >= 11 is 1.03. The van der Waals surface area contributed by atoms with Crippen LogP contribution in [0, 0.1) is 0 Å². The van der Waals surface area contributed by atoms with Crippen molar-refractivity contribution in [3.63, 3.8) is 0 Å². The van der Waals surface area contributed by atoms with Gasteiger partial charge in [-0.25, -0.2) is 9.97 Å². The molecule has 13 heteroatoms. The second kappa shape index (κ2) is 9.64. The third-order valence-corrected chi connectivity index (χ3v) is 6.78. The van der Waals surface area contributed by atoms with E-state index in [1.165, 1.54) is 17.2 Å². The molecule has 35 heavy (non-hydrogen) atoms. The van der Waals surface area contributed by atoms with Gasteiger partial charge < -0.3 is 14.6 Å². The van der Waals surface area contributed by atoms with Gasteiger partial charge in [0.25, 0.3) is 0 Å². The summed E-state index contributed by atoms with van der Waals surface area (Å²) in [5, 5.41) is 8.60. The molecule has 1 amide bonds. The van der Waals surface area contributed by atoms with Crippen LogP contribution in [0.5, 0.6) is 0 Å². The third kappa shape index (κ3) is 5.29. The summed E-state index contributed by atoms with van der Waals surface area (Å²) < 4.78 is 38.4. The summed E-state index contributed by atoms with van der Waals surface area (Å²) in [6.45, 7) is 2.45. The highest BCUT2D eigenvalue weighted by atomic mass is 32.1. The number of hydrogen-bond acceptors (Lipinski definition) is 8. The SMILES string of the molecule is O=C(CCCOn1nnc2ccccc21)N1CCN(c2ncnc3sc(CC(F)(F)F)cc23)CC1. The lowest BCUT2D eigenvalue weighted by atomic mass is 10.2. The Hall–Kier alpha value is -3.48. The molecule has 4 aromatic rings. The first-order chi connectivity index (χ1) is 16.9. The number of alkyl halides is 3. The summed E-state index contributed by atoms with van der Waals surface area (Å²) in [5.41, 5.74) is 1.51. The van der Waals surface area contributed by atoms with Gasteiger partial charge in [-0.05, 0) is 29.8 Å². The number of para-hydroxylation sites is 1. The van der Waals surface area contributed by atoms with Gasteiger partial charge in [0.15, 0.2) is 0 Å². The molecule has 1 aliphatic rings. The molecule has 1 aliphatic heterocycles. The molecule has 9 nitrogen and oxygen atoms in total. The maximum atomic E-state index is 12.8. The molecule has 0 aliphatic carbocycles. The number of carbonyl (C=O) groups excluding carboxylic acids is 1. The Morgan fingerprint density at radius 2 is 1.91 bits per heavy atom. The van der Waals surface area contributed by atoms with E-state index < -0.39 is 12.6 Å². The maximum Gasteiger partial charge on any atom is 0.393 e. The fourth-order valence-electron chi connectivity index (χ4n) is 4.07. The molecule has 3 aromatic heterocycles. The number of hydrogen-bond donors (Lipinski definition) is 0. The summed E-state index contributed by atoms with van der Waals surface area (Å²) in [7, 11) is 0. The number of aromatic nitrogens is 5. The van der Waals surface area contributed by atoms with Gasteiger partial charge in [0.05, 0.1) is 11.8 Å². The maximum absolute atomic E-state index is 12.8. The summed E-state index contributed by atoms with van der Waals surface area (Å²) in [5.74, 6) is 0.646. The van der Waals surface area contributed by atoms with E-state index in [0.29, 0.717) is 61.7 Å². The van der Waals surface area contributed by atoms with Gasteiger partial charge in [-0.2, -0.15) is 13.2 Å². The zero-order valence-electron chi connectivity index (χ0n) is 18.6.